The van der Waals surface area contributed by atoms with Crippen LogP contribution in [0.4, 0.5) is 4.39 Å². The topological polar surface area (TPSA) is 80.6 Å². The molecule has 2 heterocycles. The van der Waals surface area contributed by atoms with Crippen LogP contribution in [0.1, 0.15) is 13.3 Å². The number of aromatic nitrogens is 4. The second-order valence-corrected chi connectivity index (χ2v) is 6.71. The number of nitrogens with one attached hydrogen (secondary N) is 1. The van der Waals surface area contributed by atoms with Crippen molar-refractivity contribution in [2.45, 2.75) is 18.2 Å². The van der Waals surface area contributed by atoms with Crippen molar-refractivity contribution >= 4 is 20.9 Å². The highest BCUT2D eigenvalue weighted by atomic mass is 32.2. The van der Waals surface area contributed by atoms with Gasteiger partial charge in [-0.15, -0.1) is 0 Å². The van der Waals surface area contributed by atoms with Gasteiger partial charge in [0.15, 0.2) is 9.84 Å². The number of nitrogens with zero attached hydrogens (tertiary/aromatic N) is 3. The molecule has 0 amide bonds. The summed E-state index contributed by atoms with van der Waals surface area (Å²) < 4.78 is 39.6. The van der Waals surface area contributed by atoms with Crippen molar-refractivity contribution in [3.05, 3.63) is 36.4 Å². The Balaban J connectivity index is 2.16. The molecule has 110 valence electrons. The third kappa shape index (κ3) is 2.42. The minimum Gasteiger partial charge on any atom is -0.322 e. The van der Waals surface area contributed by atoms with Gasteiger partial charge in [-0.25, -0.2) is 22.5 Å². The van der Waals surface area contributed by atoms with E-state index in [2.05, 4.69) is 15.1 Å². The zero-order valence-corrected chi connectivity index (χ0v) is 12.1. The second-order valence-electron chi connectivity index (χ2n) is 4.63. The number of fused-ring (bicyclic) bond motifs is 1. The van der Waals surface area contributed by atoms with Crippen molar-refractivity contribution in [1.29, 1.82) is 0 Å². The van der Waals surface area contributed by atoms with Gasteiger partial charge in [0.05, 0.1) is 16.8 Å². The van der Waals surface area contributed by atoms with Crippen LogP contribution in [-0.2, 0) is 9.84 Å². The van der Waals surface area contributed by atoms with Crippen LogP contribution in [0.25, 0.3) is 17.0 Å². The van der Waals surface area contributed by atoms with Gasteiger partial charge in [-0.05, 0) is 18.6 Å². The van der Waals surface area contributed by atoms with Crippen molar-refractivity contribution in [2.24, 2.45) is 0 Å². The predicted octanol–water partition coefficient (Wildman–Crippen LogP) is 2.07. The van der Waals surface area contributed by atoms with E-state index >= 15 is 0 Å². The Morgan fingerprint density at radius 3 is 2.86 bits per heavy atom. The van der Waals surface area contributed by atoms with E-state index in [-0.39, 0.29) is 10.6 Å². The molecule has 0 unspecified atom stereocenters. The van der Waals surface area contributed by atoms with E-state index in [9.17, 15) is 12.8 Å². The lowest BCUT2D eigenvalue weighted by Crippen LogP contribution is -2.08. The van der Waals surface area contributed by atoms with Gasteiger partial charge < -0.3 is 4.98 Å². The maximum absolute atomic E-state index is 14.0. The van der Waals surface area contributed by atoms with E-state index in [0.717, 1.165) is 6.07 Å². The molecule has 0 atom stereocenters. The molecular weight excluding hydrogens is 295 g/mol. The van der Waals surface area contributed by atoms with Gasteiger partial charge in [0, 0.05) is 18.5 Å². The Kier molecular flexibility index (Phi) is 3.25. The largest absolute Gasteiger partial charge is 0.322 e. The van der Waals surface area contributed by atoms with Crippen LogP contribution in [0.15, 0.2) is 35.5 Å². The molecule has 0 aliphatic heterocycles. The van der Waals surface area contributed by atoms with Crippen LogP contribution < -0.4 is 0 Å². The normalized spacial score (nSPS) is 12.1. The standard InChI is InChI=1S/C13H13FN4O2S/c1-2-6-21(19,20)12-8-11-10(7-9(12)14)16-13(17-11)18-5-3-4-15-18/h3-5,7-8H,2,6H2,1H3,(H,16,17). The monoisotopic (exact) mass is 308 g/mol. The first-order chi connectivity index (χ1) is 10.0. The molecule has 3 aromatic rings. The first-order valence-corrected chi connectivity index (χ1v) is 8.08. The van der Waals surface area contributed by atoms with Crippen LogP contribution in [0.2, 0.25) is 0 Å². The summed E-state index contributed by atoms with van der Waals surface area (Å²) in [6.07, 6.45) is 3.70. The highest BCUT2D eigenvalue weighted by Gasteiger charge is 2.20. The average molecular weight is 308 g/mol. The summed E-state index contributed by atoms with van der Waals surface area (Å²) in [6, 6.07) is 4.14. The minimum atomic E-state index is -3.63. The number of halogens is 1. The van der Waals surface area contributed by atoms with E-state index in [1.807, 2.05) is 0 Å². The summed E-state index contributed by atoms with van der Waals surface area (Å²) in [4.78, 5) is 6.84. The molecule has 0 radical (unpaired) electrons. The summed E-state index contributed by atoms with van der Waals surface area (Å²) in [7, 11) is -3.63. The quantitative estimate of drug-likeness (QED) is 0.800. The van der Waals surface area contributed by atoms with Crippen molar-refractivity contribution in [1.82, 2.24) is 19.7 Å². The SMILES string of the molecule is CCCS(=O)(=O)c1cc2nc(-n3cccn3)[nH]c2cc1F. The summed E-state index contributed by atoms with van der Waals surface area (Å²) in [6.45, 7) is 1.73. The van der Waals surface area contributed by atoms with Crippen molar-refractivity contribution in [3.63, 3.8) is 0 Å². The fourth-order valence-corrected chi connectivity index (χ4v) is 3.52. The highest BCUT2D eigenvalue weighted by molar-refractivity contribution is 7.91. The maximum atomic E-state index is 14.0. The number of hydrogen-bond donors (Lipinski definition) is 1. The smallest absolute Gasteiger partial charge is 0.229 e. The van der Waals surface area contributed by atoms with Gasteiger partial charge in [-0.1, -0.05) is 6.92 Å². The van der Waals surface area contributed by atoms with Crippen molar-refractivity contribution in [3.8, 4) is 5.95 Å². The number of H-pyrrole nitrogens is 1. The van der Waals surface area contributed by atoms with Gasteiger partial charge in [0.1, 0.15) is 10.7 Å². The van der Waals surface area contributed by atoms with Crippen LogP contribution in [0.3, 0.4) is 0 Å². The van der Waals surface area contributed by atoms with Crippen LogP contribution in [-0.4, -0.2) is 33.9 Å². The molecule has 2 aromatic heterocycles. The third-order valence-corrected chi connectivity index (χ3v) is 4.98. The van der Waals surface area contributed by atoms with E-state index in [0.29, 0.717) is 23.4 Å². The third-order valence-electron chi connectivity index (χ3n) is 3.05. The summed E-state index contributed by atoms with van der Waals surface area (Å²) in [5, 5.41) is 4.02. The molecule has 3 rings (SSSR count). The first kappa shape index (κ1) is 13.7. The molecule has 0 bridgehead atoms. The van der Waals surface area contributed by atoms with Crippen molar-refractivity contribution in [2.75, 3.05) is 5.75 Å². The fourth-order valence-electron chi connectivity index (χ4n) is 2.12. The summed E-state index contributed by atoms with van der Waals surface area (Å²) >= 11 is 0. The number of imidazole rings is 1. The maximum Gasteiger partial charge on any atom is 0.229 e. The number of sulfone groups is 1. The van der Waals surface area contributed by atoms with Gasteiger partial charge >= 0.3 is 0 Å². The second kappa shape index (κ2) is 4.96. The Bertz CT molecular complexity index is 884. The Morgan fingerprint density at radius 1 is 1.38 bits per heavy atom. The zero-order valence-electron chi connectivity index (χ0n) is 11.2. The molecule has 0 aliphatic carbocycles. The van der Waals surface area contributed by atoms with E-state index in [1.54, 1.807) is 25.4 Å². The number of hydrogen-bond acceptors (Lipinski definition) is 4. The predicted molar refractivity (Wildman–Crippen MR) is 75.5 cm³/mol. The molecule has 8 heteroatoms. The van der Waals surface area contributed by atoms with Gasteiger partial charge in [-0.3, -0.25) is 0 Å². The number of benzene rings is 1. The van der Waals surface area contributed by atoms with Gasteiger partial charge in [0.2, 0.25) is 5.95 Å². The number of aromatic amines is 1. The fraction of sp³-hybridized carbons (Fsp3) is 0.231. The molecule has 1 aromatic carbocycles. The average Bonchev–Trinajstić information content (AvgIpc) is 3.05. The Labute approximate surface area is 120 Å². The Morgan fingerprint density at radius 2 is 2.19 bits per heavy atom. The summed E-state index contributed by atoms with van der Waals surface area (Å²) in [5.74, 6) is -0.461. The molecule has 0 aliphatic rings. The van der Waals surface area contributed by atoms with Crippen LogP contribution in [0.5, 0.6) is 0 Å². The Hall–Kier alpha value is -2.22. The van der Waals surface area contributed by atoms with Crippen molar-refractivity contribution < 1.29 is 12.8 Å². The first-order valence-electron chi connectivity index (χ1n) is 6.43. The van der Waals surface area contributed by atoms with Gasteiger partial charge in [0.25, 0.3) is 0 Å². The molecule has 21 heavy (non-hydrogen) atoms. The zero-order chi connectivity index (χ0) is 15.0. The van der Waals surface area contributed by atoms with Gasteiger partial charge in [-0.2, -0.15) is 5.10 Å². The molecule has 0 spiro atoms. The lowest BCUT2D eigenvalue weighted by Gasteiger charge is -2.03. The lowest BCUT2D eigenvalue weighted by atomic mass is 10.3. The summed E-state index contributed by atoms with van der Waals surface area (Å²) in [5.41, 5.74) is 0.810. The molecular formula is C13H13FN4O2S. The molecule has 0 saturated heterocycles. The molecule has 1 N–H and O–H groups in total. The van der Waals surface area contributed by atoms with Crippen LogP contribution in [0, 0.1) is 5.82 Å². The molecule has 0 fully saturated rings. The lowest BCUT2D eigenvalue weighted by molar-refractivity contribution is 0.567. The van der Waals surface area contributed by atoms with Crippen LogP contribution >= 0.6 is 0 Å². The highest BCUT2D eigenvalue weighted by Crippen LogP contribution is 2.23. The van der Waals surface area contributed by atoms with E-state index in [1.165, 1.54) is 10.7 Å². The molecule has 6 nitrogen and oxygen atoms in total. The van der Waals surface area contributed by atoms with E-state index < -0.39 is 15.7 Å². The molecule has 0 saturated carbocycles. The number of rotatable bonds is 4. The van der Waals surface area contributed by atoms with E-state index in [4.69, 9.17) is 0 Å². The minimum absolute atomic E-state index is 0.0914.